The summed E-state index contributed by atoms with van der Waals surface area (Å²) in [5.74, 6) is -0.392. The minimum absolute atomic E-state index is 0.142. The largest absolute Gasteiger partial charge is 0.490 e. The Morgan fingerprint density at radius 1 is 1.45 bits per heavy atom. The molecule has 2 amide bonds. The number of ether oxygens (including phenoxy) is 2. The number of benzene rings is 1. The van der Waals surface area contributed by atoms with E-state index in [1.54, 1.807) is 31.3 Å². The summed E-state index contributed by atoms with van der Waals surface area (Å²) < 4.78 is 25.9. The van der Waals surface area contributed by atoms with E-state index in [0.29, 0.717) is 23.4 Å². The summed E-state index contributed by atoms with van der Waals surface area (Å²) in [4.78, 5) is 27.8. The fourth-order valence-corrected chi connectivity index (χ4v) is 3.46. The Morgan fingerprint density at radius 2 is 2.21 bits per heavy atom. The summed E-state index contributed by atoms with van der Waals surface area (Å²) in [6.07, 6.45) is 2.19. The number of halogens is 1. The van der Waals surface area contributed by atoms with Crippen molar-refractivity contribution in [2.45, 2.75) is 57.8 Å². The van der Waals surface area contributed by atoms with Gasteiger partial charge in [0.1, 0.15) is 5.75 Å². The summed E-state index contributed by atoms with van der Waals surface area (Å²) in [5.41, 5.74) is 3.98. The number of nitrogens with zero attached hydrogens (tertiary/aromatic N) is 1. The Labute approximate surface area is 168 Å². The van der Waals surface area contributed by atoms with Crippen LogP contribution in [0, 0.1) is 0 Å². The molecule has 1 saturated heterocycles. The first-order chi connectivity index (χ1) is 13.7. The molecule has 0 unspecified atom stereocenters. The topological polar surface area (TPSA) is 104 Å². The Kier molecular flexibility index (Phi) is 5.91. The van der Waals surface area contributed by atoms with Crippen LogP contribution in [0.15, 0.2) is 24.4 Å². The zero-order valence-corrected chi connectivity index (χ0v) is 16.8. The quantitative estimate of drug-likeness (QED) is 0.705. The van der Waals surface area contributed by atoms with Crippen molar-refractivity contribution in [3.05, 3.63) is 30.0 Å². The van der Waals surface area contributed by atoms with Crippen LogP contribution >= 0.6 is 0 Å². The lowest BCUT2D eigenvalue weighted by atomic mass is 9.98. The maximum Gasteiger partial charge on any atom is 0.257 e. The monoisotopic (exact) mass is 403 g/mol. The molecule has 2 heterocycles. The molecule has 7 nitrogen and oxygen atoms in total. The average Bonchev–Trinajstić information content (AvgIpc) is 2.95. The van der Waals surface area contributed by atoms with Crippen molar-refractivity contribution in [3.63, 3.8) is 0 Å². The molecule has 1 aromatic heterocycles. The van der Waals surface area contributed by atoms with Crippen LogP contribution in [0.1, 0.15) is 50.4 Å². The molecule has 0 aliphatic carbocycles. The number of alkyl halides is 1. The van der Waals surface area contributed by atoms with Gasteiger partial charge in [-0.1, -0.05) is 6.92 Å². The van der Waals surface area contributed by atoms with Gasteiger partial charge in [-0.3, -0.25) is 9.59 Å². The number of hydrogen-bond acceptors (Lipinski definition) is 5. The minimum atomic E-state index is -1.80. The van der Waals surface area contributed by atoms with Crippen molar-refractivity contribution in [2.75, 3.05) is 6.61 Å². The summed E-state index contributed by atoms with van der Waals surface area (Å²) in [6.45, 7) is 5.63. The van der Waals surface area contributed by atoms with Crippen LogP contribution in [0.4, 0.5) is 4.39 Å². The minimum Gasteiger partial charge on any atom is -0.490 e. The first-order valence-corrected chi connectivity index (χ1v) is 9.75. The molecule has 1 fully saturated rings. The standard InChI is InChI=1S/C21H26FN3O4/c1-4-21(22)11-14(25-20(21)27)6-8-28-19-15-10-17(29-12(2)3)16(18(23)26)9-13(15)5-7-24-19/h5,7,9-10,12,14H,4,6,8,11H2,1-3H3,(H2,23,26)(H,25,27)/t14-,21-/m1/s1. The SMILES string of the molecule is CC[C@@]1(F)C[C@@H](CCOc2nccc3cc(C(N)=O)c(OC(C)C)cc23)NC1=O. The summed E-state index contributed by atoms with van der Waals surface area (Å²) in [7, 11) is 0. The number of pyridine rings is 1. The maximum atomic E-state index is 14.4. The molecule has 1 aliphatic heterocycles. The molecule has 0 saturated carbocycles. The van der Waals surface area contributed by atoms with Crippen molar-refractivity contribution in [1.29, 1.82) is 0 Å². The molecular formula is C21H26FN3O4. The predicted octanol–water partition coefficient (Wildman–Crippen LogP) is 2.90. The van der Waals surface area contributed by atoms with E-state index in [0.717, 1.165) is 5.39 Å². The highest BCUT2D eigenvalue weighted by atomic mass is 19.1. The van der Waals surface area contributed by atoms with Gasteiger partial charge in [-0.05, 0) is 43.9 Å². The van der Waals surface area contributed by atoms with Crippen molar-refractivity contribution < 1.29 is 23.5 Å². The van der Waals surface area contributed by atoms with Crippen molar-refractivity contribution in [3.8, 4) is 11.6 Å². The third-order valence-corrected chi connectivity index (χ3v) is 5.03. The maximum absolute atomic E-state index is 14.4. The van der Waals surface area contributed by atoms with E-state index < -0.39 is 17.5 Å². The first-order valence-electron chi connectivity index (χ1n) is 9.75. The van der Waals surface area contributed by atoms with Gasteiger partial charge in [-0.2, -0.15) is 0 Å². The Bertz CT molecular complexity index is 934. The van der Waals surface area contributed by atoms with Crippen LogP contribution in [-0.4, -0.2) is 41.2 Å². The second-order valence-electron chi connectivity index (χ2n) is 7.55. The Balaban J connectivity index is 1.77. The van der Waals surface area contributed by atoms with E-state index in [1.165, 1.54) is 0 Å². The lowest BCUT2D eigenvalue weighted by molar-refractivity contribution is -0.129. The fraction of sp³-hybridized carbons (Fsp3) is 0.476. The van der Waals surface area contributed by atoms with Gasteiger partial charge < -0.3 is 20.5 Å². The van der Waals surface area contributed by atoms with Crippen LogP contribution in [-0.2, 0) is 4.79 Å². The Hall–Kier alpha value is -2.90. The average molecular weight is 403 g/mol. The lowest BCUT2D eigenvalue weighted by Gasteiger charge is -2.16. The van der Waals surface area contributed by atoms with Gasteiger partial charge in [0, 0.05) is 30.5 Å². The van der Waals surface area contributed by atoms with Crippen molar-refractivity contribution in [1.82, 2.24) is 10.3 Å². The van der Waals surface area contributed by atoms with Crippen LogP contribution in [0.5, 0.6) is 11.6 Å². The molecule has 0 bridgehead atoms. The van der Waals surface area contributed by atoms with Crippen molar-refractivity contribution >= 4 is 22.6 Å². The molecule has 1 aliphatic rings. The molecule has 8 heteroatoms. The van der Waals surface area contributed by atoms with E-state index in [9.17, 15) is 14.0 Å². The van der Waals surface area contributed by atoms with Gasteiger partial charge in [0.2, 0.25) is 5.88 Å². The van der Waals surface area contributed by atoms with Crippen LogP contribution in [0.25, 0.3) is 10.8 Å². The third kappa shape index (κ3) is 4.41. The Morgan fingerprint density at radius 3 is 2.83 bits per heavy atom. The number of carbonyl (C=O) groups excluding carboxylic acids is 2. The number of amides is 2. The van der Waals surface area contributed by atoms with Gasteiger partial charge in [0.15, 0.2) is 5.67 Å². The second-order valence-corrected chi connectivity index (χ2v) is 7.55. The zero-order chi connectivity index (χ0) is 21.2. The molecule has 1 aromatic carbocycles. The van der Waals surface area contributed by atoms with E-state index in [1.807, 2.05) is 13.8 Å². The molecule has 3 N–H and O–H groups in total. The number of nitrogens with two attached hydrogens (primary N) is 1. The van der Waals surface area contributed by atoms with Gasteiger partial charge in [-0.25, -0.2) is 9.37 Å². The van der Waals surface area contributed by atoms with Crippen LogP contribution in [0.2, 0.25) is 0 Å². The molecule has 3 rings (SSSR count). The van der Waals surface area contributed by atoms with E-state index in [4.69, 9.17) is 15.2 Å². The highest BCUT2D eigenvalue weighted by molar-refractivity contribution is 6.01. The number of primary amides is 1. The van der Waals surface area contributed by atoms with Crippen LogP contribution < -0.4 is 20.5 Å². The number of nitrogens with one attached hydrogen (secondary N) is 1. The van der Waals surface area contributed by atoms with Gasteiger partial charge in [0.05, 0.1) is 18.3 Å². The van der Waals surface area contributed by atoms with E-state index in [2.05, 4.69) is 10.3 Å². The molecular weight excluding hydrogens is 377 g/mol. The number of rotatable bonds is 8. The third-order valence-electron chi connectivity index (χ3n) is 5.03. The molecule has 2 atom stereocenters. The number of aromatic nitrogens is 1. The summed E-state index contributed by atoms with van der Waals surface area (Å²) >= 11 is 0. The molecule has 0 radical (unpaired) electrons. The zero-order valence-electron chi connectivity index (χ0n) is 16.8. The number of hydrogen-bond donors (Lipinski definition) is 2. The van der Waals surface area contributed by atoms with Crippen molar-refractivity contribution in [2.24, 2.45) is 5.73 Å². The molecule has 0 spiro atoms. The smallest absolute Gasteiger partial charge is 0.257 e. The fourth-order valence-electron chi connectivity index (χ4n) is 3.46. The number of carbonyl (C=O) groups is 2. The summed E-state index contributed by atoms with van der Waals surface area (Å²) in [5, 5.41) is 4.10. The second kappa shape index (κ2) is 8.23. The molecule has 2 aromatic rings. The highest BCUT2D eigenvalue weighted by Gasteiger charge is 2.45. The first kappa shape index (κ1) is 20.8. The van der Waals surface area contributed by atoms with Crippen LogP contribution in [0.3, 0.4) is 0 Å². The van der Waals surface area contributed by atoms with E-state index in [-0.39, 0.29) is 37.2 Å². The predicted molar refractivity (Wildman–Crippen MR) is 107 cm³/mol. The lowest BCUT2D eigenvalue weighted by Crippen LogP contribution is -2.33. The van der Waals surface area contributed by atoms with Gasteiger partial charge in [0.25, 0.3) is 11.8 Å². The molecule has 156 valence electrons. The number of fused-ring (bicyclic) bond motifs is 1. The van der Waals surface area contributed by atoms with Gasteiger partial charge in [-0.15, -0.1) is 0 Å². The summed E-state index contributed by atoms with van der Waals surface area (Å²) in [6, 6.07) is 4.83. The molecule has 29 heavy (non-hydrogen) atoms. The highest BCUT2D eigenvalue weighted by Crippen LogP contribution is 2.32. The normalized spacial score (nSPS) is 21.4. The van der Waals surface area contributed by atoms with Gasteiger partial charge >= 0.3 is 0 Å². The van der Waals surface area contributed by atoms with E-state index >= 15 is 0 Å².